The predicted octanol–water partition coefficient (Wildman–Crippen LogP) is 0.351. The van der Waals surface area contributed by atoms with Crippen molar-refractivity contribution in [2.45, 2.75) is 26.8 Å². The van der Waals surface area contributed by atoms with Gasteiger partial charge in [-0.15, -0.1) is 0 Å². The summed E-state index contributed by atoms with van der Waals surface area (Å²) in [5, 5.41) is 3.22. The summed E-state index contributed by atoms with van der Waals surface area (Å²) in [6, 6.07) is 0.0376. The zero-order chi connectivity index (χ0) is 11.9. The predicted molar refractivity (Wildman–Crippen MR) is 65.0 cm³/mol. The molecule has 0 spiro atoms. The van der Waals surface area contributed by atoms with Crippen molar-refractivity contribution >= 4 is 9.84 Å². The second kappa shape index (κ2) is 7.19. The molecule has 0 heterocycles. The van der Waals surface area contributed by atoms with Gasteiger partial charge in [0.05, 0.1) is 5.75 Å². The van der Waals surface area contributed by atoms with E-state index in [4.69, 9.17) is 0 Å². The van der Waals surface area contributed by atoms with E-state index in [0.717, 1.165) is 26.2 Å². The van der Waals surface area contributed by atoms with Crippen LogP contribution in [0.15, 0.2) is 0 Å². The summed E-state index contributed by atoms with van der Waals surface area (Å²) in [5.74, 6) is 0.214. The molecule has 0 fully saturated rings. The maximum absolute atomic E-state index is 11.0. The molecule has 0 aromatic carbocycles. The lowest BCUT2D eigenvalue weighted by atomic mass is 10.4. The molecule has 0 rings (SSSR count). The van der Waals surface area contributed by atoms with Gasteiger partial charge in [0.2, 0.25) is 0 Å². The fourth-order valence-electron chi connectivity index (χ4n) is 1.52. The van der Waals surface area contributed by atoms with Crippen molar-refractivity contribution in [2.75, 3.05) is 38.2 Å². The topological polar surface area (TPSA) is 49.4 Å². The van der Waals surface area contributed by atoms with E-state index < -0.39 is 9.84 Å². The lowest BCUT2D eigenvalue weighted by Crippen LogP contribution is -2.38. The average molecular weight is 236 g/mol. The van der Waals surface area contributed by atoms with Gasteiger partial charge in [-0.3, -0.25) is 0 Å². The lowest BCUT2D eigenvalue weighted by Gasteiger charge is -2.20. The maximum atomic E-state index is 11.0. The van der Waals surface area contributed by atoms with Crippen molar-refractivity contribution in [1.82, 2.24) is 10.2 Å². The van der Waals surface area contributed by atoms with E-state index >= 15 is 0 Å². The molecule has 0 aliphatic heterocycles. The monoisotopic (exact) mass is 236 g/mol. The fraction of sp³-hybridized carbons (Fsp3) is 1.00. The van der Waals surface area contributed by atoms with Crippen molar-refractivity contribution in [3.05, 3.63) is 0 Å². The molecule has 4 nitrogen and oxygen atoms in total. The van der Waals surface area contributed by atoms with E-state index in [1.807, 2.05) is 6.92 Å². The molecule has 1 N–H and O–H groups in total. The Labute approximate surface area is 94.0 Å². The number of hydrogen-bond acceptors (Lipinski definition) is 4. The van der Waals surface area contributed by atoms with Crippen LogP contribution in [0.2, 0.25) is 0 Å². The number of hydrogen-bond donors (Lipinski definition) is 1. The van der Waals surface area contributed by atoms with Gasteiger partial charge in [0.15, 0.2) is 0 Å². The molecule has 0 radical (unpaired) electrons. The van der Waals surface area contributed by atoms with Crippen molar-refractivity contribution in [3.8, 4) is 0 Å². The molecule has 1 unspecified atom stereocenters. The van der Waals surface area contributed by atoms with Crippen LogP contribution in [-0.4, -0.2) is 57.5 Å². The minimum absolute atomic E-state index is 0.0376. The highest BCUT2D eigenvalue weighted by Gasteiger charge is 2.09. The van der Waals surface area contributed by atoms with Gasteiger partial charge in [-0.2, -0.15) is 0 Å². The zero-order valence-electron chi connectivity index (χ0n) is 10.3. The number of nitrogens with one attached hydrogen (secondary N) is 1. The quantitative estimate of drug-likeness (QED) is 0.661. The van der Waals surface area contributed by atoms with Gasteiger partial charge < -0.3 is 10.2 Å². The highest BCUT2D eigenvalue weighted by Crippen LogP contribution is 1.90. The van der Waals surface area contributed by atoms with Crippen LogP contribution in [0.25, 0.3) is 0 Å². The zero-order valence-corrected chi connectivity index (χ0v) is 11.1. The van der Waals surface area contributed by atoms with Crippen LogP contribution in [-0.2, 0) is 9.84 Å². The van der Waals surface area contributed by atoms with Crippen LogP contribution >= 0.6 is 0 Å². The Bertz CT molecular complexity index is 248. The second-order valence-electron chi connectivity index (χ2n) is 3.97. The third-order valence-electron chi connectivity index (χ3n) is 2.37. The molecule has 0 bridgehead atoms. The summed E-state index contributed by atoms with van der Waals surface area (Å²) in [5.41, 5.74) is 0. The SMILES string of the molecule is CCN(CC)CCNC(C)CS(C)(=O)=O. The van der Waals surface area contributed by atoms with Crippen molar-refractivity contribution in [3.63, 3.8) is 0 Å². The molecular weight excluding hydrogens is 212 g/mol. The first-order chi connectivity index (χ1) is 6.89. The Kier molecular flexibility index (Phi) is 7.13. The van der Waals surface area contributed by atoms with Gasteiger partial charge in [-0.1, -0.05) is 13.8 Å². The normalized spacial score (nSPS) is 14.5. The third-order valence-corrected chi connectivity index (χ3v) is 3.47. The first-order valence-corrected chi connectivity index (χ1v) is 7.58. The molecule has 0 aliphatic carbocycles. The lowest BCUT2D eigenvalue weighted by molar-refractivity contribution is 0.299. The molecule has 92 valence electrons. The van der Waals surface area contributed by atoms with Crippen LogP contribution in [0.1, 0.15) is 20.8 Å². The van der Waals surface area contributed by atoms with E-state index in [1.165, 1.54) is 6.26 Å². The highest BCUT2D eigenvalue weighted by atomic mass is 32.2. The van der Waals surface area contributed by atoms with E-state index in [2.05, 4.69) is 24.1 Å². The maximum Gasteiger partial charge on any atom is 0.148 e. The van der Waals surface area contributed by atoms with Crippen molar-refractivity contribution in [2.24, 2.45) is 0 Å². The van der Waals surface area contributed by atoms with E-state index in [0.29, 0.717) is 0 Å². The summed E-state index contributed by atoms with van der Waals surface area (Å²) in [6.07, 6.45) is 1.27. The standard InChI is InChI=1S/C10H24N2O2S/c1-5-12(6-2)8-7-11-10(3)9-15(4,13)14/h10-11H,5-9H2,1-4H3. The Morgan fingerprint density at radius 2 is 1.80 bits per heavy atom. The average Bonchev–Trinajstić information content (AvgIpc) is 2.09. The van der Waals surface area contributed by atoms with E-state index in [-0.39, 0.29) is 11.8 Å². The Hall–Kier alpha value is -0.130. The minimum atomic E-state index is -2.86. The fourth-order valence-corrected chi connectivity index (χ4v) is 2.55. The number of likely N-dealkylation sites (N-methyl/N-ethyl adjacent to an activating group) is 1. The van der Waals surface area contributed by atoms with E-state index in [9.17, 15) is 8.42 Å². The number of nitrogens with zero attached hydrogens (tertiary/aromatic N) is 1. The van der Waals surface area contributed by atoms with Crippen LogP contribution < -0.4 is 5.32 Å². The van der Waals surface area contributed by atoms with Gasteiger partial charge in [-0.05, 0) is 20.0 Å². The summed E-state index contributed by atoms with van der Waals surface area (Å²) < 4.78 is 22.0. The molecule has 0 saturated carbocycles. The number of sulfone groups is 1. The molecule has 15 heavy (non-hydrogen) atoms. The first-order valence-electron chi connectivity index (χ1n) is 5.52. The van der Waals surface area contributed by atoms with Crippen LogP contribution in [0, 0.1) is 0 Å². The Morgan fingerprint density at radius 3 is 2.20 bits per heavy atom. The van der Waals surface area contributed by atoms with Crippen LogP contribution in [0.4, 0.5) is 0 Å². The van der Waals surface area contributed by atoms with Crippen molar-refractivity contribution in [1.29, 1.82) is 0 Å². The van der Waals surface area contributed by atoms with E-state index in [1.54, 1.807) is 0 Å². The summed E-state index contributed by atoms with van der Waals surface area (Å²) in [4.78, 5) is 2.31. The minimum Gasteiger partial charge on any atom is -0.312 e. The van der Waals surface area contributed by atoms with Gasteiger partial charge in [0.1, 0.15) is 9.84 Å². The molecule has 5 heteroatoms. The molecule has 1 atom stereocenters. The smallest absolute Gasteiger partial charge is 0.148 e. The Balaban J connectivity index is 3.68. The number of rotatable bonds is 8. The molecular formula is C10H24N2O2S. The van der Waals surface area contributed by atoms with Crippen LogP contribution in [0.5, 0.6) is 0 Å². The van der Waals surface area contributed by atoms with Gasteiger partial charge in [-0.25, -0.2) is 8.42 Å². The summed E-state index contributed by atoms with van der Waals surface area (Å²) in [7, 11) is -2.86. The summed E-state index contributed by atoms with van der Waals surface area (Å²) in [6.45, 7) is 10.1. The van der Waals surface area contributed by atoms with Gasteiger partial charge in [0.25, 0.3) is 0 Å². The third kappa shape index (κ3) is 8.84. The molecule has 0 aromatic rings. The Morgan fingerprint density at radius 1 is 1.27 bits per heavy atom. The molecule has 0 aromatic heterocycles. The van der Waals surface area contributed by atoms with Gasteiger partial charge in [0, 0.05) is 25.4 Å². The first kappa shape index (κ1) is 14.9. The highest BCUT2D eigenvalue weighted by molar-refractivity contribution is 7.90. The largest absolute Gasteiger partial charge is 0.312 e. The molecule has 0 amide bonds. The molecule has 0 aliphatic rings. The molecule has 0 saturated heterocycles. The summed E-state index contributed by atoms with van der Waals surface area (Å²) >= 11 is 0. The van der Waals surface area contributed by atoms with Gasteiger partial charge >= 0.3 is 0 Å². The second-order valence-corrected chi connectivity index (χ2v) is 6.16. The van der Waals surface area contributed by atoms with Crippen molar-refractivity contribution < 1.29 is 8.42 Å². The van der Waals surface area contributed by atoms with Crippen LogP contribution in [0.3, 0.4) is 0 Å².